The zero-order chi connectivity index (χ0) is 10.9. The Morgan fingerprint density at radius 3 is 2.20 bits per heavy atom. The van der Waals surface area contributed by atoms with E-state index in [2.05, 4.69) is 19.1 Å². The van der Waals surface area contributed by atoms with Crippen LogP contribution >= 0.6 is 0 Å². The fourth-order valence-electron chi connectivity index (χ4n) is 2.05. The van der Waals surface area contributed by atoms with Crippen molar-refractivity contribution in [2.75, 3.05) is 14.2 Å². The van der Waals surface area contributed by atoms with Gasteiger partial charge in [0.1, 0.15) is 0 Å². The van der Waals surface area contributed by atoms with E-state index in [1.54, 1.807) is 14.2 Å². The average molecular weight is 208 g/mol. The van der Waals surface area contributed by atoms with E-state index in [1.807, 2.05) is 18.2 Å². The first-order chi connectivity index (χ1) is 7.23. The van der Waals surface area contributed by atoms with Crippen LogP contribution in [0.4, 0.5) is 0 Å². The molecule has 1 heterocycles. The summed E-state index contributed by atoms with van der Waals surface area (Å²) < 4.78 is 16.2. The molecule has 0 unspecified atom stereocenters. The van der Waals surface area contributed by atoms with Gasteiger partial charge in [0, 0.05) is 14.2 Å². The van der Waals surface area contributed by atoms with Crippen LogP contribution in [0.25, 0.3) is 0 Å². The summed E-state index contributed by atoms with van der Waals surface area (Å²) in [6, 6.07) is 10.1. The minimum Gasteiger partial charge on any atom is -0.331 e. The van der Waals surface area contributed by atoms with Gasteiger partial charge in [0.15, 0.2) is 0 Å². The number of hydrogen-bond donors (Lipinski definition) is 0. The van der Waals surface area contributed by atoms with Gasteiger partial charge in [0.25, 0.3) is 5.97 Å². The van der Waals surface area contributed by atoms with Crippen LogP contribution in [0.15, 0.2) is 30.3 Å². The fraction of sp³-hybridized carbons (Fsp3) is 0.500. The van der Waals surface area contributed by atoms with Crippen molar-refractivity contribution in [3.8, 4) is 0 Å². The summed E-state index contributed by atoms with van der Waals surface area (Å²) in [5.41, 5.74) is 1.16. The third kappa shape index (κ3) is 1.57. The zero-order valence-electron chi connectivity index (χ0n) is 9.27. The first-order valence-electron chi connectivity index (χ1n) is 5.06. The predicted molar refractivity (Wildman–Crippen MR) is 56.2 cm³/mol. The van der Waals surface area contributed by atoms with Crippen LogP contribution in [0.2, 0.25) is 0 Å². The Kier molecular flexibility index (Phi) is 2.78. The van der Waals surface area contributed by atoms with Crippen LogP contribution in [-0.2, 0) is 14.2 Å². The second-order valence-electron chi connectivity index (χ2n) is 3.75. The highest BCUT2D eigenvalue weighted by Gasteiger charge is 2.55. The molecule has 0 aliphatic carbocycles. The van der Waals surface area contributed by atoms with Crippen molar-refractivity contribution in [2.45, 2.75) is 19.0 Å². The number of hydrogen-bond acceptors (Lipinski definition) is 3. The van der Waals surface area contributed by atoms with Gasteiger partial charge < -0.3 is 14.2 Å². The standard InChI is InChI=1S/C12H16O3/c1-9-11(10-7-5-4-6-8-10)15-12(9,13-2)14-3/h4-9,11H,1-3H3/t9-,11+/m0/s1. The minimum absolute atomic E-state index is 0.0612. The lowest BCUT2D eigenvalue weighted by Crippen LogP contribution is -2.56. The van der Waals surface area contributed by atoms with Crippen molar-refractivity contribution < 1.29 is 14.2 Å². The average Bonchev–Trinajstić information content (AvgIpc) is 2.30. The summed E-state index contributed by atoms with van der Waals surface area (Å²) >= 11 is 0. The maximum atomic E-state index is 5.68. The lowest BCUT2D eigenvalue weighted by Gasteiger charge is -2.50. The molecule has 82 valence electrons. The van der Waals surface area contributed by atoms with Crippen LogP contribution in [-0.4, -0.2) is 20.2 Å². The summed E-state index contributed by atoms with van der Waals surface area (Å²) in [7, 11) is 3.20. The molecule has 1 aliphatic heterocycles. The van der Waals surface area contributed by atoms with Crippen molar-refractivity contribution in [3.05, 3.63) is 35.9 Å². The molecule has 0 amide bonds. The molecule has 0 aromatic heterocycles. The molecule has 0 spiro atoms. The topological polar surface area (TPSA) is 27.7 Å². The third-order valence-corrected chi connectivity index (χ3v) is 3.00. The van der Waals surface area contributed by atoms with Crippen LogP contribution in [0, 0.1) is 5.92 Å². The van der Waals surface area contributed by atoms with E-state index in [-0.39, 0.29) is 12.0 Å². The third-order valence-electron chi connectivity index (χ3n) is 3.00. The zero-order valence-corrected chi connectivity index (χ0v) is 9.27. The van der Waals surface area contributed by atoms with E-state index in [9.17, 15) is 0 Å². The van der Waals surface area contributed by atoms with E-state index in [0.717, 1.165) is 5.56 Å². The molecule has 1 aromatic rings. The number of methoxy groups -OCH3 is 2. The lowest BCUT2D eigenvalue weighted by atomic mass is 9.89. The monoisotopic (exact) mass is 208 g/mol. The van der Waals surface area contributed by atoms with Crippen molar-refractivity contribution in [1.29, 1.82) is 0 Å². The summed E-state index contributed by atoms with van der Waals surface area (Å²) in [4.78, 5) is 0. The van der Waals surface area contributed by atoms with E-state index >= 15 is 0 Å². The normalized spacial score (nSPS) is 28.5. The van der Waals surface area contributed by atoms with Crippen LogP contribution < -0.4 is 0 Å². The molecule has 0 N–H and O–H groups in total. The Morgan fingerprint density at radius 1 is 1.13 bits per heavy atom. The first-order valence-corrected chi connectivity index (χ1v) is 5.06. The number of rotatable bonds is 3. The van der Waals surface area contributed by atoms with E-state index in [4.69, 9.17) is 14.2 Å². The summed E-state index contributed by atoms with van der Waals surface area (Å²) in [6.45, 7) is 2.06. The van der Waals surface area contributed by atoms with Crippen molar-refractivity contribution in [2.24, 2.45) is 5.92 Å². The number of ether oxygens (including phenoxy) is 3. The van der Waals surface area contributed by atoms with Gasteiger partial charge in [0.05, 0.1) is 12.0 Å². The van der Waals surface area contributed by atoms with Gasteiger partial charge in [-0.15, -0.1) is 0 Å². The van der Waals surface area contributed by atoms with Crippen molar-refractivity contribution >= 4 is 0 Å². The molecule has 2 rings (SSSR count). The van der Waals surface area contributed by atoms with E-state index < -0.39 is 5.97 Å². The summed E-state index contributed by atoms with van der Waals surface area (Å²) in [5.74, 6) is -0.671. The SMILES string of the molecule is COC1(OC)O[C@@H](c2ccccc2)[C@@H]1C. The maximum Gasteiger partial charge on any atom is 0.288 e. The molecule has 1 aliphatic rings. The molecule has 0 radical (unpaired) electrons. The Hall–Kier alpha value is -0.900. The highest BCUT2D eigenvalue weighted by atomic mass is 16.9. The van der Waals surface area contributed by atoms with E-state index in [1.165, 1.54) is 0 Å². The molecule has 3 heteroatoms. The van der Waals surface area contributed by atoms with Crippen LogP contribution in [0.5, 0.6) is 0 Å². The Labute approximate surface area is 90.0 Å². The van der Waals surface area contributed by atoms with E-state index in [0.29, 0.717) is 0 Å². The minimum atomic E-state index is -0.861. The number of benzene rings is 1. The Bertz CT molecular complexity index is 319. The largest absolute Gasteiger partial charge is 0.331 e. The molecular weight excluding hydrogens is 192 g/mol. The smallest absolute Gasteiger partial charge is 0.288 e. The molecule has 1 saturated heterocycles. The molecule has 0 bridgehead atoms. The van der Waals surface area contributed by atoms with Gasteiger partial charge in [-0.3, -0.25) is 0 Å². The Balaban J connectivity index is 2.12. The highest BCUT2D eigenvalue weighted by Crippen LogP contribution is 2.49. The van der Waals surface area contributed by atoms with Crippen LogP contribution in [0.1, 0.15) is 18.6 Å². The molecule has 1 aromatic carbocycles. The second-order valence-corrected chi connectivity index (χ2v) is 3.75. The molecule has 1 fully saturated rings. The highest BCUT2D eigenvalue weighted by molar-refractivity contribution is 5.20. The van der Waals surface area contributed by atoms with Crippen molar-refractivity contribution in [1.82, 2.24) is 0 Å². The van der Waals surface area contributed by atoms with Gasteiger partial charge in [0.2, 0.25) is 0 Å². The Morgan fingerprint density at radius 2 is 1.73 bits per heavy atom. The first kappa shape index (κ1) is 10.6. The molecule has 3 nitrogen and oxygen atoms in total. The summed E-state index contributed by atoms with van der Waals surface area (Å²) in [5, 5.41) is 0. The van der Waals surface area contributed by atoms with Crippen molar-refractivity contribution in [3.63, 3.8) is 0 Å². The van der Waals surface area contributed by atoms with Gasteiger partial charge in [-0.2, -0.15) is 0 Å². The lowest BCUT2D eigenvalue weighted by molar-refractivity contribution is -0.480. The van der Waals surface area contributed by atoms with Gasteiger partial charge >= 0.3 is 0 Å². The second kappa shape index (κ2) is 3.93. The molecule has 15 heavy (non-hydrogen) atoms. The van der Waals surface area contributed by atoms with Gasteiger partial charge in [-0.1, -0.05) is 37.3 Å². The fourth-order valence-corrected chi connectivity index (χ4v) is 2.05. The molecule has 2 atom stereocenters. The van der Waals surface area contributed by atoms with Gasteiger partial charge in [-0.05, 0) is 5.56 Å². The van der Waals surface area contributed by atoms with Gasteiger partial charge in [-0.25, -0.2) is 0 Å². The quantitative estimate of drug-likeness (QED) is 0.713. The van der Waals surface area contributed by atoms with Crippen LogP contribution in [0.3, 0.4) is 0 Å². The summed E-state index contributed by atoms with van der Waals surface area (Å²) in [6.07, 6.45) is 0.0612. The maximum absolute atomic E-state index is 5.68. The molecule has 0 saturated carbocycles. The molecular formula is C12H16O3. The predicted octanol–water partition coefficient (Wildman–Crippen LogP) is 2.34.